The van der Waals surface area contributed by atoms with Crippen molar-refractivity contribution in [2.24, 2.45) is 5.84 Å². The van der Waals surface area contributed by atoms with Gasteiger partial charge in [-0.1, -0.05) is 23.7 Å². The SMILES string of the molecule is NNC(=O)c1sccc1CSc1ccccc1Cl. The molecule has 1 amide bonds. The van der Waals surface area contributed by atoms with Crippen LogP contribution in [0.4, 0.5) is 0 Å². The predicted molar refractivity (Wildman–Crippen MR) is 77.0 cm³/mol. The number of carbonyl (C=O) groups excluding carboxylic acids is 1. The number of hydrogen-bond donors (Lipinski definition) is 2. The Labute approximate surface area is 118 Å². The first-order chi connectivity index (χ1) is 8.72. The van der Waals surface area contributed by atoms with Crippen LogP contribution in [0, 0.1) is 0 Å². The number of hydrazine groups is 1. The summed E-state index contributed by atoms with van der Waals surface area (Å²) in [5.74, 6) is 5.58. The lowest BCUT2D eigenvalue weighted by molar-refractivity contribution is 0.0957. The molecule has 18 heavy (non-hydrogen) atoms. The summed E-state index contributed by atoms with van der Waals surface area (Å²) >= 11 is 9.06. The fourth-order valence-electron chi connectivity index (χ4n) is 1.43. The fourth-order valence-corrected chi connectivity index (χ4v) is 3.58. The third-order valence-corrected chi connectivity index (χ3v) is 4.82. The number of nitrogens with two attached hydrogens (primary N) is 1. The average molecular weight is 299 g/mol. The lowest BCUT2D eigenvalue weighted by Crippen LogP contribution is -2.29. The zero-order chi connectivity index (χ0) is 13.0. The van der Waals surface area contributed by atoms with Crippen LogP contribution in [0.15, 0.2) is 40.6 Å². The largest absolute Gasteiger partial charge is 0.289 e. The molecule has 6 heteroatoms. The lowest BCUT2D eigenvalue weighted by Gasteiger charge is -2.04. The molecule has 0 spiro atoms. The normalized spacial score (nSPS) is 10.3. The van der Waals surface area contributed by atoms with Gasteiger partial charge in [0.05, 0.1) is 9.90 Å². The van der Waals surface area contributed by atoms with Crippen LogP contribution >= 0.6 is 34.7 Å². The summed E-state index contributed by atoms with van der Waals surface area (Å²) < 4.78 is 0. The molecule has 1 aromatic heterocycles. The van der Waals surface area contributed by atoms with Crippen molar-refractivity contribution in [3.8, 4) is 0 Å². The Kier molecular flexibility index (Phi) is 4.66. The molecule has 2 aromatic rings. The maximum Gasteiger partial charge on any atom is 0.275 e. The number of carbonyl (C=O) groups is 1. The third-order valence-electron chi connectivity index (χ3n) is 2.30. The van der Waals surface area contributed by atoms with E-state index in [1.807, 2.05) is 35.7 Å². The Morgan fingerprint density at radius 1 is 1.39 bits per heavy atom. The van der Waals surface area contributed by atoms with E-state index in [-0.39, 0.29) is 5.91 Å². The van der Waals surface area contributed by atoms with Crippen LogP contribution in [0.5, 0.6) is 0 Å². The minimum atomic E-state index is -0.250. The molecule has 1 heterocycles. The Balaban J connectivity index is 2.09. The van der Waals surface area contributed by atoms with Crippen LogP contribution in [0.3, 0.4) is 0 Å². The number of benzene rings is 1. The van der Waals surface area contributed by atoms with Crippen LogP contribution in [-0.4, -0.2) is 5.91 Å². The molecule has 0 bridgehead atoms. The topological polar surface area (TPSA) is 55.1 Å². The lowest BCUT2D eigenvalue weighted by atomic mass is 10.3. The first kappa shape index (κ1) is 13.4. The monoisotopic (exact) mass is 298 g/mol. The molecule has 0 aliphatic rings. The molecular weight excluding hydrogens is 288 g/mol. The molecule has 0 saturated heterocycles. The molecule has 0 fully saturated rings. The summed E-state index contributed by atoms with van der Waals surface area (Å²) in [5, 5.41) is 2.61. The molecule has 2 rings (SSSR count). The van der Waals surface area contributed by atoms with E-state index in [9.17, 15) is 4.79 Å². The van der Waals surface area contributed by atoms with Gasteiger partial charge in [-0.05, 0) is 29.1 Å². The van der Waals surface area contributed by atoms with Crippen molar-refractivity contribution in [3.63, 3.8) is 0 Å². The molecule has 1 aromatic carbocycles. The molecule has 0 aliphatic heterocycles. The van der Waals surface area contributed by atoms with Crippen molar-refractivity contribution in [1.29, 1.82) is 0 Å². The summed E-state index contributed by atoms with van der Waals surface area (Å²) in [6.45, 7) is 0. The highest BCUT2D eigenvalue weighted by Gasteiger charge is 2.12. The number of amides is 1. The van der Waals surface area contributed by atoms with E-state index in [2.05, 4.69) is 5.43 Å². The second-order valence-electron chi connectivity index (χ2n) is 3.47. The fraction of sp³-hybridized carbons (Fsp3) is 0.0833. The van der Waals surface area contributed by atoms with Gasteiger partial charge < -0.3 is 0 Å². The van der Waals surface area contributed by atoms with Crippen molar-refractivity contribution >= 4 is 40.6 Å². The maximum absolute atomic E-state index is 11.5. The Hall–Kier alpha value is -1.01. The van der Waals surface area contributed by atoms with Crippen LogP contribution in [-0.2, 0) is 5.75 Å². The first-order valence-corrected chi connectivity index (χ1v) is 7.41. The summed E-state index contributed by atoms with van der Waals surface area (Å²) in [6, 6.07) is 9.58. The summed E-state index contributed by atoms with van der Waals surface area (Å²) in [4.78, 5) is 13.2. The number of halogens is 1. The molecular formula is C12H11ClN2OS2. The van der Waals surface area contributed by atoms with Gasteiger partial charge in [0.15, 0.2) is 0 Å². The van der Waals surface area contributed by atoms with Gasteiger partial charge in [0.2, 0.25) is 0 Å². The Morgan fingerprint density at radius 2 is 2.17 bits per heavy atom. The number of nitrogens with one attached hydrogen (secondary N) is 1. The number of nitrogen functional groups attached to an aromatic ring is 1. The van der Waals surface area contributed by atoms with Gasteiger partial charge >= 0.3 is 0 Å². The van der Waals surface area contributed by atoms with E-state index in [0.717, 1.165) is 15.5 Å². The van der Waals surface area contributed by atoms with Crippen molar-refractivity contribution in [3.05, 3.63) is 51.2 Å². The van der Waals surface area contributed by atoms with E-state index < -0.39 is 0 Å². The van der Waals surface area contributed by atoms with Crippen LogP contribution < -0.4 is 11.3 Å². The Morgan fingerprint density at radius 3 is 2.89 bits per heavy atom. The average Bonchev–Trinajstić information content (AvgIpc) is 2.85. The molecule has 0 atom stereocenters. The minimum absolute atomic E-state index is 0.250. The van der Waals surface area contributed by atoms with Gasteiger partial charge in [0.25, 0.3) is 5.91 Å². The van der Waals surface area contributed by atoms with Crippen LogP contribution in [0.2, 0.25) is 5.02 Å². The standard InChI is InChI=1S/C12H11ClN2OS2/c13-9-3-1-2-4-10(9)18-7-8-5-6-17-11(8)12(16)15-14/h1-6H,7,14H2,(H,15,16). The highest BCUT2D eigenvalue weighted by atomic mass is 35.5. The first-order valence-electron chi connectivity index (χ1n) is 5.17. The smallest absolute Gasteiger partial charge is 0.275 e. The van der Waals surface area contributed by atoms with E-state index in [1.54, 1.807) is 11.8 Å². The minimum Gasteiger partial charge on any atom is -0.289 e. The molecule has 0 unspecified atom stereocenters. The van der Waals surface area contributed by atoms with Crippen molar-refractivity contribution < 1.29 is 4.79 Å². The third kappa shape index (κ3) is 3.05. The predicted octanol–water partition coefficient (Wildman–Crippen LogP) is 3.30. The van der Waals surface area contributed by atoms with E-state index >= 15 is 0 Å². The second-order valence-corrected chi connectivity index (χ2v) is 5.81. The van der Waals surface area contributed by atoms with E-state index in [1.165, 1.54) is 11.3 Å². The number of thioether (sulfide) groups is 1. The van der Waals surface area contributed by atoms with E-state index in [4.69, 9.17) is 17.4 Å². The number of rotatable bonds is 4. The summed E-state index contributed by atoms with van der Waals surface area (Å²) in [6.07, 6.45) is 0. The quantitative estimate of drug-likeness (QED) is 0.394. The van der Waals surface area contributed by atoms with Gasteiger partial charge in [0.1, 0.15) is 0 Å². The summed E-state index contributed by atoms with van der Waals surface area (Å²) in [7, 11) is 0. The second kappa shape index (κ2) is 6.24. The maximum atomic E-state index is 11.5. The number of thiophene rings is 1. The highest BCUT2D eigenvalue weighted by molar-refractivity contribution is 7.98. The zero-order valence-corrected chi connectivity index (χ0v) is 11.7. The van der Waals surface area contributed by atoms with Gasteiger partial charge in [-0.3, -0.25) is 10.2 Å². The molecule has 3 nitrogen and oxygen atoms in total. The molecule has 0 aliphatic carbocycles. The number of hydrogen-bond acceptors (Lipinski definition) is 4. The molecule has 0 saturated carbocycles. The van der Waals surface area contributed by atoms with Gasteiger partial charge in [0, 0.05) is 10.6 Å². The molecule has 94 valence electrons. The van der Waals surface area contributed by atoms with Gasteiger partial charge in [-0.15, -0.1) is 23.1 Å². The zero-order valence-electron chi connectivity index (χ0n) is 9.35. The summed E-state index contributed by atoms with van der Waals surface area (Å²) in [5.41, 5.74) is 3.12. The Bertz CT molecular complexity index is 557. The highest BCUT2D eigenvalue weighted by Crippen LogP contribution is 2.31. The van der Waals surface area contributed by atoms with E-state index in [0.29, 0.717) is 10.6 Å². The van der Waals surface area contributed by atoms with Crippen molar-refractivity contribution in [2.45, 2.75) is 10.6 Å². The van der Waals surface area contributed by atoms with Gasteiger partial charge in [-0.2, -0.15) is 0 Å². The van der Waals surface area contributed by atoms with Gasteiger partial charge in [-0.25, -0.2) is 5.84 Å². The molecule has 0 radical (unpaired) electrons. The van der Waals surface area contributed by atoms with Crippen molar-refractivity contribution in [1.82, 2.24) is 5.43 Å². The van der Waals surface area contributed by atoms with Crippen molar-refractivity contribution in [2.75, 3.05) is 0 Å². The van der Waals surface area contributed by atoms with Crippen LogP contribution in [0.1, 0.15) is 15.2 Å². The molecule has 3 N–H and O–H groups in total. The van der Waals surface area contributed by atoms with Crippen LogP contribution in [0.25, 0.3) is 0 Å².